The fourth-order valence-corrected chi connectivity index (χ4v) is 4.94. The molecule has 2 heterocycles. The van der Waals surface area contributed by atoms with Crippen LogP contribution in [0.2, 0.25) is 0 Å². The number of aryl methyl sites for hydroxylation is 1. The molecular formula is C35H34F2N4O7. The lowest BCUT2D eigenvalue weighted by molar-refractivity contribution is 0.102. The molecule has 5 rings (SSSR count). The number of anilines is 1. The molecule has 11 nitrogen and oxygen atoms in total. The van der Waals surface area contributed by atoms with Crippen LogP contribution >= 0.6 is 0 Å². The van der Waals surface area contributed by atoms with Gasteiger partial charge in [0.05, 0.1) is 25.4 Å². The molecule has 0 radical (unpaired) electrons. The third-order valence-corrected chi connectivity index (χ3v) is 7.43. The number of nitrogens with zero attached hydrogens (tertiary/aromatic N) is 3. The van der Waals surface area contributed by atoms with E-state index >= 15 is 4.39 Å². The monoisotopic (exact) mass is 660 g/mol. The Balaban J connectivity index is 1.41. The molecule has 0 atom stereocenters. The zero-order valence-corrected chi connectivity index (χ0v) is 26.6. The van der Waals surface area contributed by atoms with E-state index in [1.807, 2.05) is 6.92 Å². The number of hydrogen-bond acceptors (Lipinski definition) is 8. The van der Waals surface area contributed by atoms with Crippen LogP contribution in [0.1, 0.15) is 36.5 Å². The van der Waals surface area contributed by atoms with Gasteiger partial charge in [0.25, 0.3) is 11.5 Å². The number of halogens is 2. The summed E-state index contributed by atoms with van der Waals surface area (Å²) >= 11 is 0. The fourth-order valence-electron chi connectivity index (χ4n) is 4.94. The lowest BCUT2D eigenvalue weighted by Gasteiger charge is -2.14. The average Bonchev–Trinajstić information content (AvgIpc) is 3.08. The minimum absolute atomic E-state index is 0.0330. The van der Waals surface area contributed by atoms with Crippen LogP contribution in [0.3, 0.4) is 0 Å². The maximum Gasteiger partial charge on any atom is 0.335 e. The predicted octanol–water partition coefficient (Wildman–Crippen LogP) is 6.09. The molecule has 48 heavy (non-hydrogen) atoms. The van der Waals surface area contributed by atoms with Crippen LogP contribution in [0.15, 0.2) is 82.6 Å². The van der Waals surface area contributed by atoms with Crippen molar-refractivity contribution in [3.8, 4) is 28.7 Å². The highest BCUT2D eigenvalue weighted by atomic mass is 19.1. The number of carbonyl (C=O) groups excluding carboxylic acids is 1. The number of amides is 1. The minimum atomic E-state index is -0.920. The quantitative estimate of drug-likeness (QED) is 0.142. The number of hydrogen-bond donors (Lipinski definition) is 1. The molecule has 3 aromatic carbocycles. The van der Waals surface area contributed by atoms with Crippen molar-refractivity contribution in [1.82, 2.24) is 14.1 Å². The Labute approximate surface area is 274 Å². The number of rotatable bonds is 14. The van der Waals surface area contributed by atoms with Gasteiger partial charge < -0.3 is 24.3 Å². The van der Waals surface area contributed by atoms with Crippen molar-refractivity contribution in [2.75, 3.05) is 32.8 Å². The van der Waals surface area contributed by atoms with E-state index in [2.05, 4.69) is 10.3 Å². The van der Waals surface area contributed by atoms with Crippen LogP contribution in [0, 0.1) is 11.6 Å². The molecular weight excluding hydrogens is 626 g/mol. The maximum atomic E-state index is 15.3. The van der Waals surface area contributed by atoms with Gasteiger partial charge in [0.1, 0.15) is 17.1 Å². The van der Waals surface area contributed by atoms with Crippen molar-refractivity contribution in [2.45, 2.75) is 32.7 Å². The molecule has 0 aliphatic heterocycles. The second-order valence-corrected chi connectivity index (χ2v) is 10.7. The Morgan fingerprint density at radius 3 is 2.31 bits per heavy atom. The van der Waals surface area contributed by atoms with Crippen LogP contribution in [0.5, 0.6) is 23.0 Å². The first-order valence-electron chi connectivity index (χ1n) is 15.2. The largest absolute Gasteiger partial charge is 0.493 e. The molecule has 0 bridgehead atoms. The van der Waals surface area contributed by atoms with Gasteiger partial charge in [-0.3, -0.25) is 19.1 Å². The molecule has 1 N–H and O–H groups in total. The number of ether oxygens (including phenoxy) is 4. The summed E-state index contributed by atoms with van der Waals surface area (Å²) in [4.78, 5) is 44.6. The van der Waals surface area contributed by atoms with Crippen LogP contribution in [-0.2, 0) is 11.3 Å². The zero-order valence-electron chi connectivity index (χ0n) is 26.6. The van der Waals surface area contributed by atoms with Crippen molar-refractivity contribution in [2.24, 2.45) is 0 Å². The number of fused-ring (bicyclic) bond motifs is 1. The van der Waals surface area contributed by atoms with Crippen molar-refractivity contribution < 1.29 is 32.5 Å². The third kappa shape index (κ3) is 7.52. The molecule has 5 aromatic rings. The van der Waals surface area contributed by atoms with Gasteiger partial charge in [-0.15, -0.1) is 0 Å². The summed E-state index contributed by atoms with van der Waals surface area (Å²) in [5, 5.41) is 3.07. The highest BCUT2D eigenvalue weighted by molar-refractivity contribution is 6.04. The van der Waals surface area contributed by atoms with E-state index in [0.29, 0.717) is 47.8 Å². The van der Waals surface area contributed by atoms with Gasteiger partial charge in [-0.1, -0.05) is 13.3 Å². The van der Waals surface area contributed by atoms with Gasteiger partial charge in [-0.25, -0.2) is 18.1 Å². The molecule has 0 saturated heterocycles. The zero-order chi connectivity index (χ0) is 34.2. The fraction of sp³-hybridized carbons (Fsp3) is 0.257. The summed E-state index contributed by atoms with van der Waals surface area (Å²) < 4.78 is 53.1. The highest BCUT2D eigenvalue weighted by Gasteiger charge is 2.20. The third-order valence-electron chi connectivity index (χ3n) is 7.43. The van der Waals surface area contributed by atoms with E-state index < -0.39 is 28.8 Å². The minimum Gasteiger partial charge on any atom is -0.493 e. The van der Waals surface area contributed by atoms with Crippen LogP contribution in [-0.4, -0.2) is 47.5 Å². The summed E-state index contributed by atoms with van der Waals surface area (Å²) in [5.74, 6) is -1.16. The van der Waals surface area contributed by atoms with Gasteiger partial charge >= 0.3 is 5.69 Å². The summed E-state index contributed by atoms with van der Waals surface area (Å²) in [7, 11) is 2.99. The van der Waals surface area contributed by atoms with Crippen molar-refractivity contribution >= 4 is 22.5 Å². The van der Waals surface area contributed by atoms with Gasteiger partial charge in [-0.2, -0.15) is 0 Å². The number of pyridine rings is 1. The Morgan fingerprint density at radius 1 is 0.875 bits per heavy atom. The van der Waals surface area contributed by atoms with E-state index in [9.17, 15) is 18.8 Å². The first-order valence-corrected chi connectivity index (χ1v) is 15.2. The van der Waals surface area contributed by atoms with Crippen molar-refractivity contribution in [3.63, 3.8) is 0 Å². The first kappa shape index (κ1) is 33.8. The molecule has 1 amide bonds. The number of aromatic nitrogens is 3. The Morgan fingerprint density at radius 2 is 1.60 bits per heavy atom. The molecule has 13 heteroatoms. The van der Waals surface area contributed by atoms with Crippen LogP contribution in [0.4, 0.5) is 14.5 Å². The second kappa shape index (κ2) is 15.4. The van der Waals surface area contributed by atoms with Gasteiger partial charge in [-0.05, 0) is 61.4 Å². The number of carbonyl (C=O) groups is 1. The van der Waals surface area contributed by atoms with Crippen LogP contribution in [0.25, 0.3) is 16.6 Å². The normalized spacial score (nSPS) is 11.0. The van der Waals surface area contributed by atoms with E-state index in [4.69, 9.17) is 18.9 Å². The number of methoxy groups -OCH3 is 2. The van der Waals surface area contributed by atoms with E-state index in [0.717, 1.165) is 41.8 Å². The smallest absolute Gasteiger partial charge is 0.335 e. The lowest BCUT2D eigenvalue weighted by atomic mass is 10.1. The molecule has 0 aliphatic carbocycles. The molecule has 0 aliphatic rings. The molecule has 0 spiro atoms. The number of nitrogens with one attached hydrogen (secondary N) is 1. The standard InChI is InChI=1S/C35H34F2N4O7/c1-4-5-16-47-17-6-15-40-21-26(34(43)41(35(40)44)24-10-7-22(36)8-11-24)33(42)39-23-9-12-30(27(37)18-23)48-29-13-14-38-28-20-32(46-3)31(45-2)19-25(28)29/h7-14,18-21H,4-6,15-17H2,1-3H3,(H,39,42). The predicted molar refractivity (Wildman–Crippen MR) is 176 cm³/mol. The topological polar surface area (TPSA) is 123 Å². The first-order chi connectivity index (χ1) is 23.2. The molecule has 0 unspecified atom stereocenters. The van der Waals surface area contributed by atoms with Crippen molar-refractivity contribution in [3.05, 3.63) is 111 Å². The second-order valence-electron chi connectivity index (χ2n) is 10.7. The summed E-state index contributed by atoms with van der Waals surface area (Å²) in [6.07, 6.45) is 4.99. The molecule has 0 fully saturated rings. The maximum absolute atomic E-state index is 15.3. The lowest BCUT2D eigenvalue weighted by Crippen LogP contribution is -2.42. The summed E-state index contributed by atoms with van der Waals surface area (Å²) in [5.41, 5.74) is -1.35. The Bertz CT molecular complexity index is 2050. The summed E-state index contributed by atoms with van der Waals surface area (Å²) in [6, 6.07) is 13.4. The van der Waals surface area contributed by atoms with Gasteiger partial charge in [0, 0.05) is 55.4 Å². The SMILES string of the molecule is CCCCOCCCn1cc(C(=O)Nc2ccc(Oc3ccnc4cc(OC)c(OC)cc34)c(F)c2)c(=O)n(-c2ccc(F)cc2)c1=O. The number of unbranched alkanes of at least 4 members (excludes halogenated alkanes) is 1. The van der Waals surface area contributed by atoms with E-state index in [1.165, 1.54) is 49.2 Å². The van der Waals surface area contributed by atoms with Crippen molar-refractivity contribution in [1.29, 1.82) is 0 Å². The summed E-state index contributed by atoms with van der Waals surface area (Å²) in [6.45, 7) is 3.15. The van der Waals surface area contributed by atoms with Gasteiger partial charge in [0.15, 0.2) is 23.1 Å². The molecule has 250 valence electrons. The molecule has 0 saturated carbocycles. The molecule has 2 aromatic heterocycles. The number of benzene rings is 3. The Hall–Kier alpha value is -5.56. The van der Waals surface area contributed by atoms with E-state index in [-0.39, 0.29) is 29.2 Å². The highest BCUT2D eigenvalue weighted by Crippen LogP contribution is 2.37. The van der Waals surface area contributed by atoms with Crippen LogP contribution < -0.4 is 30.8 Å². The average molecular weight is 661 g/mol. The van der Waals surface area contributed by atoms with Gasteiger partial charge in [0.2, 0.25) is 0 Å². The Kier molecular flexibility index (Phi) is 10.8. The van der Waals surface area contributed by atoms with E-state index in [1.54, 1.807) is 18.2 Å².